The zero-order chi connectivity index (χ0) is 24.1. The fourth-order valence-corrected chi connectivity index (χ4v) is 3.16. The maximum absolute atomic E-state index is 12.3. The van der Waals surface area contributed by atoms with Gasteiger partial charge in [-0.1, -0.05) is 0 Å². The summed E-state index contributed by atoms with van der Waals surface area (Å²) in [5.41, 5.74) is 7.15. The van der Waals surface area contributed by atoms with E-state index in [1.165, 1.54) is 12.1 Å². The van der Waals surface area contributed by atoms with Crippen LogP contribution in [-0.4, -0.2) is 57.7 Å². The molecule has 174 valence electrons. The predicted octanol–water partition coefficient (Wildman–Crippen LogP) is 0.215. The molecule has 2 aromatic rings. The van der Waals surface area contributed by atoms with Gasteiger partial charge in [0.05, 0.1) is 12.2 Å². The molecule has 0 saturated heterocycles. The van der Waals surface area contributed by atoms with Crippen molar-refractivity contribution in [3.63, 3.8) is 0 Å². The number of fused-ring (bicyclic) bond motifs is 1. The van der Waals surface area contributed by atoms with Gasteiger partial charge in [0.15, 0.2) is 11.5 Å². The molecule has 1 atom stereocenters. The van der Waals surface area contributed by atoms with Crippen molar-refractivity contribution in [3.05, 3.63) is 52.1 Å². The number of likely N-dealkylation sites (N-methyl/N-ethyl adjacent to an activating group) is 1. The van der Waals surface area contributed by atoms with Crippen LogP contribution < -0.4 is 32.1 Å². The van der Waals surface area contributed by atoms with Gasteiger partial charge in [0.25, 0.3) is 11.5 Å². The number of anilines is 4. The number of hydrogen-bond acceptors (Lipinski definition) is 9. The maximum atomic E-state index is 12.3. The van der Waals surface area contributed by atoms with Gasteiger partial charge in [-0.3, -0.25) is 19.4 Å². The number of nitrogen functional groups attached to an aromatic ring is 1. The summed E-state index contributed by atoms with van der Waals surface area (Å²) in [4.78, 5) is 54.6. The van der Waals surface area contributed by atoms with Crippen molar-refractivity contribution < 1.29 is 24.6 Å². The Bertz CT molecular complexity index is 1160. The first-order valence-corrected chi connectivity index (χ1v) is 9.84. The Morgan fingerprint density at radius 2 is 1.91 bits per heavy atom. The first kappa shape index (κ1) is 23.1. The second-order valence-electron chi connectivity index (χ2n) is 7.22. The molecule has 33 heavy (non-hydrogen) atoms. The van der Waals surface area contributed by atoms with Crippen LogP contribution in [-0.2, 0) is 9.59 Å². The number of rotatable bonds is 9. The van der Waals surface area contributed by atoms with Crippen LogP contribution >= 0.6 is 0 Å². The molecule has 0 radical (unpaired) electrons. The molecule has 1 aliphatic rings. The molecule has 0 fully saturated rings. The minimum Gasteiger partial charge on any atom is -0.481 e. The number of nitrogens with one attached hydrogen (secondary N) is 4. The quantitative estimate of drug-likeness (QED) is 0.271. The van der Waals surface area contributed by atoms with Gasteiger partial charge in [0.1, 0.15) is 6.04 Å². The molecule has 0 bridgehead atoms. The van der Waals surface area contributed by atoms with E-state index in [0.717, 1.165) is 5.70 Å². The largest absolute Gasteiger partial charge is 0.481 e. The van der Waals surface area contributed by atoms with E-state index in [-0.39, 0.29) is 29.9 Å². The SMILES string of the molecule is CN1C(CNc2ccc(C(=O)N[C@@H](CCC(=O)O)C(=O)O)cc2)=CNc2nc(N)[nH]c(=O)c21. The van der Waals surface area contributed by atoms with Crippen molar-refractivity contribution >= 4 is 41.0 Å². The highest BCUT2D eigenvalue weighted by Gasteiger charge is 2.23. The van der Waals surface area contributed by atoms with E-state index in [0.29, 0.717) is 23.7 Å². The first-order valence-electron chi connectivity index (χ1n) is 9.84. The van der Waals surface area contributed by atoms with Crippen LogP contribution in [0.25, 0.3) is 0 Å². The standard InChI is InChI=1S/C20H23N7O6/c1-27-12(9-23-16-15(27)18(31)26-20(21)25-16)8-22-11-4-2-10(3-5-11)17(30)24-13(19(32)33)6-7-14(28)29/h2-5,9,13,22H,6-8H2,1H3,(H,24,30)(H,28,29)(H,32,33)(H4,21,23,25,26,31)/t13-/m0/s1. The van der Waals surface area contributed by atoms with Crippen molar-refractivity contribution in [3.8, 4) is 0 Å². The van der Waals surface area contributed by atoms with E-state index in [2.05, 4.69) is 25.9 Å². The number of aromatic amines is 1. The third kappa shape index (κ3) is 5.58. The second kappa shape index (κ2) is 9.72. The average Bonchev–Trinajstić information content (AvgIpc) is 2.75. The Balaban J connectivity index is 1.60. The van der Waals surface area contributed by atoms with Crippen molar-refractivity contribution in [1.82, 2.24) is 15.3 Å². The molecular weight excluding hydrogens is 434 g/mol. The van der Waals surface area contributed by atoms with Crippen LogP contribution in [0.4, 0.5) is 23.1 Å². The van der Waals surface area contributed by atoms with Crippen molar-refractivity contribution in [2.75, 3.05) is 34.9 Å². The van der Waals surface area contributed by atoms with E-state index >= 15 is 0 Å². The highest BCUT2D eigenvalue weighted by atomic mass is 16.4. The van der Waals surface area contributed by atoms with Gasteiger partial charge in [-0.15, -0.1) is 0 Å². The maximum Gasteiger partial charge on any atom is 0.326 e. The first-order chi connectivity index (χ1) is 15.7. The molecular formula is C20H23N7O6. The second-order valence-corrected chi connectivity index (χ2v) is 7.22. The van der Waals surface area contributed by atoms with Crippen molar-refractivity contribution in [1.29, 1.82) is 0 Å². The van der Waals surface area contributed by atoms with E-state index in [1.54, 1.807) is 30.3 Å². The molecule has 13 nitrogen and oxygen atoms in total. The number of carbonyl (C=O) groups excluding carboxylic acids is 1. The van der Waals surface area contributed by atoms with Crippen LogP contribution in [0.5, 0.6) is 0 Å². The van der Waals surface area contributed by atoms with E-state index < -0.39 is 23.9 Å². The van der Waals surface area contributed by atoms with Crippen LogP contribution in [0.3, 0.4) is 0 Å². The lowest BCUT2D eigenvalue weighted by molar-refractivity contribution is -0.140. The van der Waals surface area contributed by atoms with Crippen molar-refractivity contribution in [2.24, 2.45) is 0 Å². The zero-order valence-electron chi connectivity index (χ0n) is 17.6. The Kier molecular flexibility index (Phi) is 6.81. The summed E-state index contributed by atoms with van der Waals surface area (Å²) < 4.78 is 0. The molecule has 13 heteroatoms. The smallest absolute Gasteiger partial charge is 0.326 e. The van der Waals surface area contributed by atoms with Gasteiger partial charge in [-0.2, -0.15) is 4.98 Å². The number of aromatic nitrogens is 2. The predicted molar refractivity (Wildman–Crippen MR) is 120 cm³/mol. The minimum absolute atomic E-state index is 0.00955. The van der Waals surface area contributed by atoms with Gasteiger partial charge in [0, 0.05) is 30.9 Å². The van der Waals surface area contributed by atoms with Crippen LogP contribution in [0.2, 0.25) is 0 Å². The molecule has 0 spiro atoms. The van der Waals surface area contributed by atoms with Gasteiger partial charge in [-0.25, -0.2) is 4.79 Å². The summed E-state index contributed by atoms with van der Waals surface area (Å²) in [6.07, 6.45) is 1.09. The summed E-state index contributed by atoms with van der Waals surface area (Å²) in [7, 11) is 1.72. The Labute approximate surface area is 187 Å². The minimum atomic E-state index is -1.31. The van der Waals surface area contributed by atoms with Crippen molar-refractivity contribution in [2.45, 2.75) is 18.9 Å². The lowest BCUT2D eigenvalue weighted by Gasteiger charge is -2.28. The third-order valence-electron chi connectivity index (χ3n) is 4.93. The van der Waals surface area contributed by atoms with Crippen LogP contribution in [0.15, 0.2) is 41.0 Å². The Morgan fingerprint density at radius 1 is 1.21 bits per heavy atom. The number of carboxylic acids is 2. The summed E-state index contributed by atoms with van der Waals surface area (Å²) >= 11 is 0. The fourth-order valence-electron chi connectivity index (χ4n) is 3.16. The number of H-pyrrole nitrogens is 1. The monoisotopic (exact) mass is 457 g/mol. The number of benzene rings is 1. The molecule has 1 amide bonds. The molecule has 1 aromatic heterocycles. The summed E-state index contributed by atoms with van der Waals surface area (Å²) in [6.45, 7) is 0.342. The highest BCUT2D eigenvalue weighted by molar-refractivity contribution is 5.97. The molecule has 0 aliphatic carbocycles. The molecule has 8 N–H and O–H groups in total. The summed E-state index contributed by atoms with van der Waals surface area (Å²) in [5.74, 6) is -2.72. The number of carboxylic acid groups (broad SMARTS) is 2. The summed E-state index contributed by atoms with van der Waals surface area (Å²) in [6, 6.07) is 5.00. The number of amides is 1. The molecule has 3 rings (SSSR count). The van der Waals surface area contributed by atoms with E-state index in [1.807, 2.05) is 0 Å². The Morgan fingerprint density at radius 3 is 2.55 bits per heavy atom. The number of aliphatic carboxylic acids is 2. The number of nitrogens with two attached hydrogens (primary N) is 1. The number of carbonyl (C=O) groups is 3. The number of nitrogens with zero attached hydrogens (tertiary/aromatic N) is 2. The fraction of sp³-hybridized carbons (Fsp3) is 0.250. The van der Waals surface area contributed by atoms with Gasteiger partial charge in [-0.05, 0) is 30.7 Å². The Hall–Kier alpha value is -4.55. The van der Waals surface area contributed by atoms with E-state index in [9.17, 15) is 19.2 Å². The molecule has 0 saturated carbocycles. The molecule has 1 aromatic carbocycles. The molecule has 2 heterocycles. The number of hydrogen-bond donors (Lipinski definition) is 7. The molecule has 1 aliphatic heterocycles. The van der Waals surface area contributed by atoms with Gasteiger partial charge < -0.3 is 36.8 Å². The topological polar surface area (TPSA) is 203 Å². The third-order valence-corrected chi connectivity index (χ3v) is 4.93. The van der Waals surface area contributed by atoms with Crippen LogP contribution in [0.1, 0.15) is 23.2 Å². The average molecular weight is 457 g/mol. The van der Waals surface area contributed by atoms with Crippen LogP contribution in [0, 0.1) is 0 Å². The van der Waals surface area contributed by atoms with Gasteiger partial charge >= 0.3 is 11.9 Å². The lowest BCUT2D eigenvalue weighted by atomic mass is 10.1. The normalized spacial score (nSPS) is 13.2. The molecule has 0 unspecified atom stereocenters. The summed E-state index contributed by atoms with van der Waals surface area (Å²) in [5, 5.41) is 26.3. The van der Waals surface area contributed by atoms with Gasteiger partial charge in [0.2, 0.25) is 5.95 Å². The van der Waals surface area contributed by atoms with E-state index in [4.69, 9.17) is 15.9 Å². The lowest BCUT2D eigenvalue weighted by Crippen LogP contribution is -2.41. The highest BCUT2D eigenvalue weighted by Crippen LogP contribution is 2.26. The zero-order valence-corrected chi connectivity index (χ0v) is 17.6.